The van der Waals surface area contributed by atoms with E-state index in [1.807, 2.05) is 30.3 Å². The summed E-state index contributed by atoms with van der Waals surface area (Å²) >= 11 is 0. The molecule has 1 saturated heterocycles. The first-order chi connectivity index (χ1) is 14.8. The van der Waals surface area contributed by atoms with Gasteiger partial charge in [-0.05, 0) is 35.2 Å². The molecule has 0 radical (unpaired) electrons. The summed E-state index contributed by atoms with van der Waals surface area (Å²) in [5.41, 5.74) is 4.56. The SMILES string of the molecule is Cn1c(=O)n(CC(C)(C)C)c2ccc(-c3cc(CN4CCOCC4)ccc3C#N)nc21. The van der Waals surface area contributed by atoms with Crippen molar-refractivity contribution < 1.29 is 4.74 Å². The molecule has 1 fully saturated rings. The molecule has 3 heterocycles. The Hall–Kier alpha value is -2.95. The molecule has 0 amide bonds. The number of rotatable bonds is 4. The molecule has 1 aliphatic rings. The second-order valence-electron chi connectivity index (χ2n) is 9.41. The third kappa shape index (κ3) is 4.41. The van der Waals surface area contributed by atoms with Crippen molar-refractivity contribution in [2.45, 2.75) is 33.9 Å². The van der Waals surface area contributed by atoms with Crippen molar-refractivity contribution in [3.63, 3.8) is 0 Å². The van der Waals surface area contributed by atoms with Crippen LogP contribution in [0.4, 0.5) is 0 Å². The van der Waals surface area contributed by atoms with Crippen molar-refractivity contribution >= 4 is 11.2 Å². The molecule has 0 N–H and O–H groups in total. The summed E-state index contributed by atoms with van der Waals surface area (Å²) in [4.78, 5) is 20.0. The maximum Gasteiger partial charge on any atom is 0.330 e. The number of hydrogen-bond donors (Lipinski definition) is 0. The monoisotopic (exact) mass is 419 g/mol. The Kier molecular flexibility index (Phi) is 5.69. The molecule has 162 valence electrons. The molecule has 3 aromatic rings. The van der Waals surface area contributed by atoms with E-state index < -0.39 is 0 Å². The number of fused-ring (bicyclic) bond motifs is 1. The number of pyridine rings is 1. The van der Waals surface area contributed by atoms with Gasteiger partial charge in [-0.25, -0.2) is 9.78 Å². The van der Waals surface area contributed by atoms with Gasteiger partial charge >= 0.3 is 5.69 Å². The first kappa shape index (κ1) is 21.3. The fourth-order valence-electron chi connectivity index (χ4n) is 4.07. The predicted molar refractivity (Wildman–Crippen MR) is 121 cm³/mol. The van der Waals surface area contributed by atoms with Crippen LogP contribution in [0.25, 0.3) is 22.4 Å². The second kappa shape index (κ2) is 8.29. The highest BCUT2D eigenvalue weighted by Gasteiger charge is 2.20. The van der Waals surface area contributed by atoms with Gasteiger partial charge in [-0.2, -0.15) is 5.26 Å². The lowest BCUT2D eigenvalue weighted by Gasteiger charge is -2.26. The van der Waals surface area contributed by atoms with E-state index in [0.717, 1.165) is 49.5 Å². The van der Waals surface area contributed by atoms with Crippen molar-refractivity contribution in [2.75, 3.05) is 26.3 Å². The minimum atomic E-state index is -0.0730. The van der Waals surface area contributed by atoms with Gasteiger partial charge < -0.3 is 4.74 Å². The van der Waals surface area contributed by atoms with E-state index in [-0.39, 0.29) is 11.1 Å². The van der Waals surface area contributed by atoms with Gasteiger partial charge in [-0.3, -0.25) is 14.0 Å². The highest BCUT2D eigenvalue weighted by atomic mass is 16.5. The molecule has 0 aliphatic carbocycles. The summed E-state index contributed by atoms with van der Waals surface area (Å²) in [6.45, 7) is 11.1. The normalized spacial score (nSPS) is 15.3. The summed E-state index contributed by atoms with van der Waals surface area (Å²) in [5.74, 6) is 0. The van der Waals surface area contributed by atoms with Crippen LogP contribution in [-0.2, 0) is 24.9 Å². The maximum absolute atomic E-state index is 12.8. The van der Waals surface area contributed by atoms with Gasteiger partial charge in [0.2, 0.25) is 0 Å². The van der Waals surface area contributed by atoms with Crippen LogP contribution in [0, 0.1) is 16.7 Å². The lowest BCUT2D eigenvalue weighted by molar-refractivity contribution is 0.0342. The average Bonchev–Trinajstić information content (AvgIpc) is 2.97. The summed E-state index contributed by atoms with van der Waals surface area (Å²) in [7, 11) is 1.75. The van der Waals surface area contributed by atoms with E-state index in [2.05, 4.69) is 31.7 Å². The Bertz CT molecular complexity index is 1200. The quantitative estimate of drug-likeness (QED) is 0.649. The summed E-state index contributed by atoms with van der Waals surface area (Å²) < 4.78 is 8.81. The van der Waals surface area contributed by atoms with Gasteiger partial charge in [0.15, 0.2) is 5.65 Å². The zero-order valence-corrected chi connectivity index (χ0v) is 18.7. The minimum absolute atomic E-state index is 0.0292. The summed E-state index contributed by atoms with van der Waals surface area (Å²) in [6.07, 6.45) is 0. The minimum Gasteiger partial charge on any atom is -0.379 e. The molecular formula is C24H29N5O2. The van der Waals surface area contributed by atoms with Gasteiger partial charge in [0, 0.05) is 38.8 Å². The number of morpholine rings is 1. The van der Waals surface area contributed by atoms with E-state index in [4.69, 9.17) is 9.72 Å². The van der Waals surface area contributed by atoms with Crippen molar-refractivity contribution in [1.29, 1.82) is 5.26 Å². The van der Waals surface area contributed by atoms with E-state index >= 15 is 0 Å². The van der Waals surface area contributed by atoms with Crippen LogP contribution in [-0.4, -0.2) is 45.3 Å². The third-order valence-corrected chi connectivity index (χ3v) is 5.60. The molecule has 2 aromatic heterocycles. The number of benzene rings is 1. The first-order valence-electron chi connectivity index (χ1n) is 10.7. The first-order valence-corrected chi connectivity index (χ1v) is 10.7. The molecule has 0 unspecified atom stereocenters. The molecule has 0 bridgehead atoms. The van der Waals surface area contributed by atoms with Gasteiger partial charge in [-0.15, -0.1) is 0 Å². The Morgan fingerprint density at radius 2 is 1.90 bits per heavy atom. The number of ether oxygens (including phenoxy) is 1. The summed E-state index contributed by atoms with van der Waals surface area (Å²) in [5, 5.41) is 9.67. The zero-order chi connectivity index (χ0) is 22.2. The zero-order valence-electron chi connectivity index (χ0n) is 18.7. The fraction of sp³-hybridized carbons (Fsp3) is 0.458. The van der Waals surface area contributed by atoms with Crippen LogP contribution in [0.15, 0.2) is 35.1 Å². The smallest absolute Gasteiger partial charge is 0.330 e. The van der Waals surface area contributed by atoms with Gasteiger partial charge in [-0.1, -0.05) is 26.8 Å². The van der Waals surface area contributed by atoms with Gasteiger partial charge in [0.05, 0.1) is 36.1 Å². The van der Waals surface area contributed by atoms with E-state index in [1.54, 1.807) is 16.2 Å². The Morgan fingerprint density at radius 3 is 2.58 bits per heavy atom. The molecule has 4 rings (SSSR count). The topological polar surface area (TPSA) is 76.1 Å². The Balaban J connectivity index is 1.75. The van der Waals surface area contributed by atoms with Gasteiger partial charge in [0.1, 0.15) is 0 Å². The fourth-order valence-corrected chi connectivity index (χ4v) is 4.07. The van der Waals surface area contributed by atoms with Crippen LogP contribution in [0.3, 0.4) is 0 Å². The maximum atomic E-state index is 12.8. The molecule has 1 aromatic carbocycles. The van der Waals surface area contributed by atoms with E-state index in [0.29, 0.717) is 23.4 Å². The molecule has 0 saturated carbocycles. The molecule has 7 nitrogen and oxygen atoms in total. The van der Waals surface area contributed by atoms with Crippen LogP contribution in [0.1, 0.15) is 31.9 Å². The number of aryl methyl sites for hydroxylation is 1. The number of nitriles is 1. The Morgan fingerprint density at radius 1 is 1.16 bits per heavy atom. The largest absolute Gasteiger partial charge is 0.379 e. The van der Waals surface area contributed by atoms with Crippen LogP contribution in [0.2, 0.25) is 0 Å². The number of hydrogen-bond acceptors (Lipinski definition) is 5. The van der Waals surface area contributed by atoms with Crippen LogP contribution >= 0.6 is 0 Å². The van der Waals surface area contributed by atoms with E-state index in [9.17, 15) is 10.1 Å². The van der Waals surface area contributed by atoms with Crippen LogP contribution in [0.5, 0.6) is 0 Å². The van der Waals surface area contributed by atoms with Crippen molar-refractivity contribution in [1.82, 2.24) is 19.0 Å². The van der Waals surface area contributed by atoms with Crippen molar-refractivity contribution in [3.8, 4) is 17.3 Å². The molecule has 7 heteroatoms. The molecule has 1 aliphatic heterocycles. The van der Waals surface area contributed by atoms with Crippen molar-refractivity contribution in [3.05, 3.63) is 51.9 Å². The second-order valence-corrected chi connectivity index (χ2v) is 9.41. The molecular weight excluding hydrogens is 390 g/mol. The molecule has 0 spiro atoms. The van der Waals surface area contributed by atoms with E-state index in [1.165, 1.54) is 0 Å². The van der Waals surface area contributed by atoms with Gasteiger partial charge in [0.25, 0.3) is 0 Å². The highest BCUT2D eigenvalue weighted by Crippen LogP contribution is 2.27. The third-order valence-electron chi connectivity index (χ3n) is 5.60. The predicted octanol–water partition coefficient (Wildman–Crippen LogP) is 3.15. The average molecular weight is 420 g/mol. The number of imidazole rings is 1. The van der Waals surface area contributed by atoms with Crippen LogP contribution < -0.4 is 5.69 Å². The standard InChI is InChI=1S/C24H29N5O2/c1-24(2,3)16-29-21-8-7-20(26-22(21)27(4)23(29)30)19-13-17(5-6-18(19)14-25)15-28-9-11-31-12-10-28/h5-8,13H,9-12,15-16H2,1-4H3. The lowest BCUT2D eigenvalue weighted by atomic mass is 9.97. The lowest BCUT2D eigenvalue weighted by Crippen LogP contribution is -2.35. The number of aromatic nitrogens is 3. The summed E-state index contributed by atoms with van der Waals surface area (Å²) in [6, 6.07) is 12.1. The molecule has 31 heavy (non-hydrogen) atoms. The Labute approximate surface area is 182 Å². The van der Waals surface area contributed by atoms with Crippen molar-refractivity contribution in [2.24, 2.45) is 12.5 Å². The molecule has 0 atom stereocenters. The number of nitrogens with zero attached hydrogens (tertiary/aromatic N) is 5. The highest BCUT2D eigenvalue weighted by molar-refractivity contribution is 5.78.